The summed E-state index contributed by atoms with van der Waals surface area (Å²) in [5, 5.41) is 0.763. The highest BCUT2D eigenvalue weighted by Gasteiger charge is 2.14. The minimum Gasteiger partial charge on any atom is -0.0827 e. The first-order valence-electron chi connectivity index (χ1n) is 5.80. The third-order valence-corrected chi connectivity index (χ3v) is 5.27. The quantitative estimate of drug-likeness (QED) is 0.553. The van der Waals surface area contributed by atoms with Gasteiger partial charge in [-0.25, -0.2) is 0 Å². The zero-order valence-electron chi connectivity index (χ0n) is 9.96. The summed E-state index contributed by atoms with van der Waals surface area (Å²) in [4.78, 5) is 0.119. The number of alkyl halides is 1. The van der Waals surface area contributed by atoms with Crippen LogP contribution < -0.4 is 0 Å². The molecule has 94 valence electrons. The fourth-order valence-corrected chi connectivity index (χ4v) is 3.25. The van der Waals surface area contributed by atoms with Crippen molar-refractivity contribution in [2.24, 2.45) is 0 Å². The van der Waals surface area contributed by atoms with Crippen LogP contribution in [-0.4, -0.2) is 0 Å². The minimum absolute atomic E-state index is 0.119. The van der Waals surface area contributed by atoms with Crippen molar-refractivity contribution in [1.29, 1.82) is 0 Å². The second-order valence-corrected chi connectivity index (χ2v) is 6.25. The van der Waals surface area contributed by atoms with E-state index in [1.54, 1.807) is 0 Å². The summed E-state index contributed by atoms with van der Waals surface area (Å²) in [5.74, 6) is 0. The molecule has 0 aliphatic rings. The van der Waals surface area contributed by atoms with Gasteiger partial charge in [0.05, 0.1) is 9.85 Å². The van der Waals surface area contributed by atoms with Gasteiger partial charge in [0.2, 0.25) is 0 Å². The first-order chi connectivity index (χ1) is 8.63. The number of aryl methyl sites for hydroxylation is 1. The Morgan fingerprint density at radius 2 is 1.78 bits per heavy atom. The summed E-state index contributed by atoms with van der Waals surface area (Å²) < 4.78 is 0.927. The second-order valence-electron chi connectivity index (χ2n) is 4.10. The first kappa shape index (κ1) is 14.1. The fourth-order valence-electron chi connectivity index (χ4n) is 1.82. The summed E-state index contributed by atoms with van der Waals surface area (Å²) in [7, 11) is 0. The van der Waals surface area contributed by atoms with Crippen LogP contribution >= 0.6 is 43.5 Å². The Balaban J connectivity index is 2.35. The van der Waals surface area contributed by atoms with Crippen molar-refractivity contribution in [3.8, 4) is 0 Å². The lowest BCUT2D eigenvalue weighted by molar-refractivity contribution is 1.11. The van der Waals surface area contributed by atoms with Crippen LogP contribution in [0.4, 0.5) is 0 Å². The van der Waals surface area contributed by atoms with E-state index >= 15 is 0 Å². The molecule has 1 unspecified atom stereocenters. The van der Waals surface area contributed by atoms with Crippen molar-refractivity contribution in [1.82, 2.24) is 0 Å². The summed E-state index contributed by atoms with van der Waals surface area (Å²) in [6.45, 7) is 2.16. The Bertz CT molecular complexity index is 535. The predicted octanol–water partition coefficient (Wildman–Crippen LogP) is 6.15. The standard InChI is InChI=1S/C15H13Br2Cl/c1-2-10-6-8-11(9-7-10)14(17)12-4-3-5-13(16)15(12)18/h3-9,14H,2H2,1H3. The molecule has 0 aromatic heterocycles. The number of hydrogen-bond acceptors (Lipinski definition) is 0. The van der Waals surface area contributed by atoms with Gasteiger partial charge in [-0.05, 0) is 45.1 Å². The Morgan fingerprint density at radius 3 is 2.39 bits per heavy atom. The van der Waals surface area contributed by atoms with Gasteiger partial charge in [-0.2, -0.15) is 0 Å². The molecule has 2 aromatic carbocycles. The molecule has 0 fully saturated rings. The van der Waals surface area contributed by atoms with E-state index in [0.29, 0.717) is 0 Å². The van der Waals surface area contributed by atoms with Crippen LogP contribution in [0.15, 0.2) is 46.9 Å². The van der Waals surface area contributed by atoms with Gasteiger partial charge in [-0.1, -0.05) is 70.9 Å². The highest BCUT2D eigenvalue weighted by atomic mass is 79.9. The lowest BCUT2D eigenvalue weighted by atomic mass is 10.0. The maximum absolute atomic E-state index is 6.32. The van der Waals surface area contributed by atoms with Gasteiger partial charge in [-0.3, -0.25) is 0 Å². The summed E-state index contributed by atoms with van der Waals surface area (Å²) >= 11 is 13.5. The second kappa shape index (κ2) is 6.23. The molecule has 0 saturated heterocycles. The molecule has 18 heavy (non-hydrogen) atoms. The van der Waals surface area contributed by atoms with Gasteiger partial charge in [0, 0.05) is 4.47 Å². The fraction of sp³-hybridized carbons (Fsp3) is 0.200. The lowest BCUT2D eigenvalue weighted by Crippen LogP contribution is -1.94. The monoisotopic (exact) mass is 386 g/mol. The molecular weight excluding hydrogens is 375 g/mol. The van der Waals surface area contributed by atoms with E-state index in [-0.39, 0.29) is 4.83 Å². The maximum atomic E-state index is 6.32. The topological polar surface area (TPSA) is 0 Å². The first-order valence-corrected chi connectivity index (χ1v) is 7.89. The van der Waals surface area contributed by atoms with Crippen LogP contribution in [0.1, 0.15) is 28.4 Å². The third kappa shape index (κ3) is 2.98. The molecule has 0 amide bonds. The van der Waals surface area contributed by atoms with Gasteiger partial charge in [0.1, 0.15) is 0 Å². The highest BCUT2D eigenvalue weighted by molar-refractivity contribution is 9.10. The van der Waals surface area contributed by atoms with E-state index in [2.05, 4.69) is 63.0 Å². The Hall–Kier alpha value is -0.310. The van der Waals surface area contributed by atoms with E-state index in [4.69, 9.17) is 11.6 Å². The SMILES string of the molecule is CCc1ccc(C(Br)c2cccc(Br)c2Cl)cc1. The van der Waals surface area contributed by atoms with Crippen molar-refractivity contribution in [2.45, 2.75) is 18.2 Å². The van der Waals surface area contributed by atoms with Gasteiger partial charge in [0.25, 0.3) is 0 Å². The van der Waals surface area contributed by atoms with E-state index < -0.39 is 0 Å². The minimum atomic E-state index is 0.119. The normalized spacial score (nSPS) is 12.4. The number of benzene rings is 2. The average molecular weight is 389 g/mol. The van der Waals surface area contributed by atoms with Crippen molar-refractivity contribution in [3.05, 3.63) is 68.7 Å². The van der Waals surface area contributed by atoms with Crippen LogP contribution in [0.5, 0.6) is 0 Å². The van der Waals surface area contributed by atoms with Crippen molar-refractivity contribution in [3.63, 3.8) is 0 Å². The molecule has 2 rings (SSSR count). The van der Waals surface area contributed by atoms with Crippen LogP contribution in [0, 0.1) is 0 Å². The summed E-state index contributed by atoms with van der Waals surface area (Å²) in [5.41, 5.74) is 3.64. The Kier molecular flexibility index (Phi) is 4.88. The molecule has 0 N–H and O–H groups in total. The number of hydrogen-bond donors (Lipinski definition) is 0. The number of rotatable bonds is 3. The van der Waals surface area contributed by atoms with Crippen LogP contribution in [0.3, 0.4) is 0 Å². The third-order valence-electron chi connectivity index (χ3n) is 2.94. The van der Waals surface area contributed by atoms with Gasteiger partial charge < -0.3 is 0 Å². The van der Waals surface area contributed by atoms with Crippen molar-refractivity contribution in [2.75, 3.05) is 0 Å². The van der Waals surface area contributed by atoms with Crippen LogP contribution in [0.2, 0.25) is 5.02 Å². The average Bonchev–Trinajstić information content (AvgIpc) is 2.41. The van der Waals surface area contributed by atoms with Crippen molar-refractivity contribution >= 4 is 43.5 Å². The van der Waals surface area contributed by atoms with Crippen LogP contribution in [-0.2, 0) is 6.42 Å². The number of halogens is 3. The Labute approximate surface area is 130 Å². The highest BCUT2D eigenvalue weighted by Crippen LogP contribution is 2.38. The van der Waals surface area contributed by atoms with Gasteiger partial charge >= 0.3 is 0 Å². The molecule has 0 aliphatic carbocycles. The molecule has 0 aliphatic heterocycles. The van der Waals surface area contributed by atoms with E-state index in [0.717, 1.165) is 21.5 Å². The molecule has 0 radical (unpaired) electrons. The van der Waals surface area contributed by atoms with E-state index in [9.17, 15) is 0 Å². The zero-order chi connectivity index (χ0) is 13.1. The molecular formula is C15H13Br2Cl. The predicted molar refractivity (Wildman–Crippen MR) is 85.7 cm³/mol. The molecule has 0 nitrogen and oxygen atoms in total. The van der Waals surface area contributed by atoms with Gasteiger partial charge in [-0.15, -0.1) is 0 Å². The molecule has 2 aromatic rings. The molecule has 1 atom stereocenters. The smallest absolute Gasteiger partial charge is 0.0659 e. The molecule has 0 spiro atoms. The van der Waals surface area contributed by atoms with Crippen LogP contribution in [0.25, 0.3) is 0 Å². The largest absolute Gasteiger partial charge is 0.0827 e. The Morgan fingerprint density at radius 1 is 1.11 bits per heavy atom. The molecule has 3 heteroatoms. The maximum Gasteiger partial charge on any atom is 0.0659 e. The summed E-state index contributed by atoms with van der Waals surface area (Å²) in [6, 6.07) is 14.6. The zero-order valence-corrected chi connectivity index (χ0v) is 13.9. The molecule has 0 saturated carbocycles. The van der Waals surface area contributed by atoms with Gasteiger partial charge in [0.15, 0.2) is 0 Å². The van der Waals surface area contributed by atoms with E-state index in [1.807, 2.05) is 18.2 Å². The molecule has 0 heterocycles. The van der Waals surface area contributed by atoms with Crippen molar-refractivity contribution < 1.29 is 0 Å². The van der Waals surface area contributed by atoms with E-state index in [1.165, 1.54) is 11.1 Å². The molecule has 0 bridgehead atoms. The lowest BCUT2D eigenvalue weighted by Gasteiger charge is -2.14. The summed E-state index contributed by atoms with van der Waals surface area (Å²) in [6.07, 6.45) is 1.06.